The zero-order valence-corrected chi connectivity index (χ0v) is 15.6. The van der Waals surface area contributed by atoms with Crippen LogP contribution in [0.5, 0.6) is 0 Å². The monoisotopic (exact) mass is 379 g/mol. The van der Waals surface area contributed by atoms with Crippen LogP contribution in [0.2, 0.25) is 0 Å². The van der Waals surface area contributed by atoms with Crippen molar-refractivity contribution in [2.45, 2.75) is 32.7 Å². The van der Waals surface area contributed by atoms with E-state index in [1.807, 2.05) is 16.8 Å². The van der Waals surface area contributed by atoms with Gasteiger partial charge in [-0.2, -0.15) is 5.26 Å². The number of nitrogens with zero attached hydrogens (tertiary/aromatic N) is 4. The highest BCUT2D eigenvalue weighted by Crippen LogP contribution is 2.65. The number of rotatable bonds is 7. The summed E-state index contributed by atoms with van der Waals surface area (Å²) in [4.78, 5) is 8.36. The van der Waals surface area contributed by atoms with Gasteiger partial charge in [0, 0.05) is 31.4 Å². The Morgan fingerprint density at radius 2 is 2.32 bits per heavy atom. The van der Waals surface area contributed by atoms with Crippen molar-refractivity contribution in [1.82, 2.24) is 14.5 Å². The van der Waals surface area contributed by atoms with Gasteiger partial charge in [-0.05, 0) is 23.8 Å². The molecule has 2 atom stereocenters. The number of aryl methyl sites for hydroxylation is 1. The first kappa shape index (κ1) is 17.8. The minimum Gasteiger partial charge on any atom is -0.423 e. The summed E-state index contributed by atoms with van der Waals surface area (Å²) in [7, 11) is 0. The molecule has 6 nitrogen and oxygen atoms in total. The molecular formula is C17H19Cl2N5O. The highest BCUT2D eigenvalue weighted by atomic mass is 35.5. The molecule has 0 bridgehead atoms. The molecule has 0 radical (unpaired) electrons. The number of oxazole rings is 1. The predicted molar refractivity (Wildman–Crippen MR) is 96.4 cm³/mol. The van der Waals surface area contributed by atoms with Crippen LogP contribution in [0.25, 0.3) is 0 Å². The van der Waals surface area contributed by atoms with E-state index in [9.17, 15) is 5.26 Å². The van der Waals surface area contributed by atoms with Crippen LogP contribution in [0.15, 0.2) is 33.7 Å². The fourth-order valence-electron chi connectivity index (χ4n) is 3.14. The van der Waals surface area contributed by atoms with Crippen molar-refractivity contribution < 1.29 is 4.42 Å². The summed E-state index contributed by atoms with van der Waals surface area (Å²) in [5, 5.41) is 12.5. The largest absolute Gasteiger partial charge is 0.423 e. The normalized spacial score (nSPS) is 20.8. The summed E-state index contributed by atoms with van der Waals surface area (Å²) in [6.07, 6.45) is 8.12. The van der Waals surface area contributed by atoms with Crippen molar-refractivity contribution in [3.05, 3.63) is 40.9 Å². The fourth-order valence-corrected chi connectivity index (χ4v) is 3.42. The molecule has 0 aromatic carbocycles. The lowest BCUT2D eigenvalue weighted by atomic mass is 10.1. The van der Waals surface area contributed by atoms with Crippen LogP contribution in [0.4, 0.5) is 5.88 Å². The molecular weight excluding hydrogens is 361 g/mol. The molecule has 1 N–H and O–H groups in total. The first-order chi connectivity index (χ1) is 11.9. The van der Waals surface area contributed by atoms with Crippen molar-refractivity contribution in [3.8, 4) is 6.07 Å². The van der Waals surface area contributed by atoms with Gasteiger partial charge in [0.1, 0.15) is 10.6 Å². The molecule has 3 rings (SSSR count). The van der Waals surface area contributed by atoms with Gasteiger partial charge in [-0.3, -0.25) is 0 Å². The van der Waals surface area contributed by atoms with Crippen LogP contribution in [0.3, 0.4) is 0 Å². The van der Waals surface area contributed by atoms with E-state index >= 15 is 0 Å². The molecule has 2 heterocycles. The molecule has 1 fully saturated rings. The maximum Gasteiger partial charge on any atom is 0.232 e. The van der Waals surface area contributed by atoms with Crippen LogP contribution >= 0.6 is 23.2 Å². The van der Waals surface area contributed by atoms with Gasteiger partial charge in [0.25, 0.3) is 0 Å². The summed E-state index contributed by atoms with van der Waals surface area (Å²) in [5.74, 6) is 1.19. The molecule has 0 spiro atoms. The zero-order valence-electron chi connectivity index (χ0n) is 14.0. The molecule has 2 aromatic heterocycles. The number of hydrogen-bond donors (Lipinski definition) is 1. The van der Waals surface area contributed by atoms with Crippen LogP contribution in [0, 0.1) is 22.7 Å². The molecule has 132 valence electrons. The number of nitriles is 1. The molecule has 8 heteroatoms. The van der Waals surface area contributed by atoms with Gasteiger partial charge in [-0.15, -0.1) is 0 Å². The maximum absolute atomic E-state index is 9.30. The molecule has 1 aliphatic rings. The predicted octanol–water partition coefficient (Wildman–Crippen LogP) is 4.30. The summed E-state index contributed by atoms with van der Waals surface area (Å²) < 4.78 is 8.07. The van der Waals surface area contributed by atoms with Gasteiger partial charge in [0.15, 0.2) is 0 Å². The van der Waals surface area contributed by atoms with Crippen LogP contribution in [-0.2, 0) is 6.54 Å². The van der Waals surface area contributed by atoms with E-state index in [0.29, 0.717) is 18.3 Å². The quantitative estimate of drug-likeness (QED) is 0.725. The number of aromatic nitrogens is 3. The second-order valence-corrected chi connectivity index (χ2v) is 7.71. The second kappa shape index (κ2) is 7.11. The maximum atomic E-state index is 9.30. The van der Waals surface area contributed by atoms with Crippen molar-refractivity contribution in [1.29, 1.82) is 5.26 Å². The zero-order chi connectivity index (χ0) is 18.0. The SMILES string of the molecule is CC1(C)[C@H](c2nc(C#N)c(NCCCn3ccnc3)o2)[C@@H]1C=C(Cl)Cl. The smallest absolute Gasteiger partial charge is 0.232 e. The van der Waals surface area contributed by atoms with Gasteiger partial charge < -0.3 is 14.3 Å². The van der Waals surface area contributed by atoms with Crippen molar-refractivity contribution in [3.63, 3.8) is 0 Å². The fraction of sp³-hybridized carbons (Fsp3) is 0.471. The van der Waals surface area contributed by atoms with Crippen molar-refractivity contribution >= 4 is 29.1 Å². The Morgan fingerprint density at radius 1 is 1.52 bits per heavy atom. The summed E-state index contributed by atoms with van der Waals surface area (Å²) in [6, 6.07) is 2.09. The summed E-state index contributed by atoms with van der Waals surface area (Å²) in [5.41, 5.74) is 0.228. The Kier molecular flexibility index (Phi) is 5.07. The molecule has 0 saturated heterocycles. The number of nitrogens with one attached hydrogen (secondary N) is 1. The minimum absolute atomic E-state index is 0.0503. The number of anilines is 1. The third-order valence-electron chi connectivity index (χ3n) is 4.67. The average Bonchev–Trinajstić information content (AvgIpc) is 3.00. The molecule has 25 heavy (non-hydrogen) atoms. The van der Waals surface area contributed by atoms with Gasteiger partial charge in [0.05, 0.1) is 6.33 Å². The highest BCUT2D eigenvalue weighted by Gasteiger charge is 2.60. The lowest BCUT2D eigenvalue weighted by Gasteiger charge is -2.03. The van der Waals surface area contributed by atoms with E-state index < -0.39 is 0 Å². The molecule has 2 aromatic rings. The van der Waals surface area contributed by atoms with E-state index in [2.05, 4.69) is 35.2 Å². The molecule has 0 aliphatic heterocycles. The summed E-state index contributed by atoms with van der Waals surface area (Å²) >= 11 is 11.6. The Morgan fingerprint density at radius 3 is 2.96 bits per heavy atom. The van der Waals surface area contributed by atoms with Gasteiger partial charge >= 0.3 is 0 Å². The summed E-state index contributed by atoms with van der Waals surface area (Å²) in [6.45, 7) is 5.72. The van der Waals surface area contributed by atoms with Crippen LogP contribution < -0.4 is 5.32 Å². The Labute approximate surface area is 156 Å². The van der Waals surface area contributed by atoms with E-state index in [1.165, 1.54) is 0 Å². The molecule has 1 aliphatic carbocycles. The van der Waals surface area contributed by atoms with Crippen molar-refractivity contribution in [2.75, 3.05) is 11.9 Å². The van der Waals surface area contributed by atoms with Crippen molar-refractivity contribution in [2.24, 2.45) is 11.3 Å². The van der Waals surface area contributed by atoms with Crippen LogP contribution in [-0.4, -0.2) is 21.1 Å². The Balaban J connectivity index is 1.64. The standard InChI is InChI=1S/C17H19Cl2N5O/c1-17(2)11(8-13(18)19)14(17)16-23-12(9-20)15(25-16)22-4-3-6-24-7-5-21-10-24/h5,7-8,10-11,14,22H,3-4,6H2,1-2H3/t11-,14-/m0/s1. The number of allylic oxidation sites excluding steroid dienone is 1. The first-order valence-electron chi connectivity index (χ1n) is 8.06. The van der Waals surface area contributed by atoms with Crippen LogP contribution in [0.1, 0.15) is 37.8 Å². The topological polar surface area (TPSA) is 79.7 Å². The lowest BCUT2D eigenvalue weighted by molar-refractivity contribution is 0.475. The van der Waals surface area contributed by atoms with E-state index in [4.69, 9.17) is 27.6 Å². The Hall–Kier alpha value is -1.97. The third kappa shape index (κ3) is 3.83. The van der Waals surface area contributed by atoms with Gasteiger partial charge in [0.2, 0.25) is 17.5 Å². The molecule has 0 amide bonds. The van der Waals surface area contributed by atoms with E-state index in [1.54, 1.807) is 12.5 Å². The second-order valence-electron chi connectivity index (χ2n) is 6.70. The van der Waals surface area contributed by atoms with E-state index in [-0.39, 0.29) is 27.4 Å². The van der Waals surface area contributed by atoms with E-state index in [0.717, 1.165) is 13.0 Å². The Bertz CT molecular complexity index is 800. The van der Waals surface area contributed by atoms with Gasteiger partial charge in [-0.25, -0.2) is 9.97 Å². The molecule has 0 unspecified atom stereocenters. The first-order valence-corrected chi connectivity index (χ1v) is 8.82. The van der Waals surface area contributed by atoms with Gasteiger partial charge in [-0.1, -0.05) is 37.0 Å². The number of hydrogen-bond acceptors (Lipinski definition) is 5. The average molecular weight is 380 g/mol. The number of imidazole rings is 1. The lowest BCUT2D eigenvalue weighted by Crippen LogP contribution is -2.06. The minimum atomic E-state index is -0.0503. The third-order valence-corrected chi connectivity index (χ3v) is 4.92. The highest BCUT2D eigenvalue weighted by molar-refractivity contribution is 6.55. The molecule has 1 saturated carbocycles. The number of halogens is 2.